The van der Waals surface area contributed by atoms with E-state index in [0.717, 1.165) is 19.5 Å². The Hall–Kier alpha value is -2.37. The van der Waals surface area contributed by atoms with Gasteiger partial charge in [-0.3, -0.25) is 4.79 Å². The molecule has 1 amide bonds. The molecule has 2 aliphatic heterocycles. The van der Waals surface area contributed by atoms with E-state index < -0.39 is 0 Å². The van der Waals surface area contributed by atoms with Crippen molar-refractivity contribution in [2.24, 2.45) is 0 Å². The summed E-state index contributed by atoms with van der Waals surface area (Å²) in [6.45, 7) is 4.23. The number of nitrogens with zero attached hydrogens (tertiary/aromatic N) is 3. The molecule has 0 saturated carbocycles. The second-order valence-corrected chi connectivity index (χ2v) is 6.02. The van der Waals surface area contributed by atoms with E-state index in [0.29, 0.717) is 18.9 Å². The molecule has 1 N–H and O–H groups in total. The van der Waals surface area contributed by atoms with Gasteiger partial charge in [0, 0.05) is 37.2 Å². The summed E-state index contributed by atoms with van der Waals surface area (Å²) in [7, 11) is 0. The van der Waals surface area contributed by atoms with E-state index in [2.05, 4.69) is 33.7 Å². The third-order valence-electron chi connectivity index (χ3n) is 4.72. The van der Waals surface area contributed by atoms with Crippen molar-refractivity contribution in [2.75, 3.05) is 25.0 Å². The highest BCUT2D eigenvalue weighted by Gasteiger charge is 2.46. The Kier molecular flexibility index (Phi) is 2.92. The van der Waals surface area contributed by atoms with E-state index in [1.165, 1.54) is 11.3 Å². The van der Waals surface area contributed by atoms with Crippen molar-refractivity contribution in [3.8, 4) is 0 Å². The number of amides is 1. The molecule has 1 fully saturated rings. The van der Waals surface area contributed by atoms with Gasteiger partial charge in [-0.2, -0.15) is 4.98 Å². The summed E-state index contributed by atoms with van der Waals surface area (Å²) in [5.41, 5.74) is 2.51. The van der Waals surface area contributed by atoms with Gasteiger partial charge in [0.15, 0.2) is 0 Å². The predicted molar refractivity (Wildman–Crippen MR) is 80.8 cm³/mol. The molecule has 6 nitrogen and oxygen atoms in total. The minimum atomic E-state index is -0.135. The molecule has 2 aromatic rings. The van der Waals surface area contributed by atoms with E-state index >= 15 is 0 Å². The van der Waals surface area contributed by atoms with Crippen LogP contribution in [-0.4, -0.2) is 40.6 Å². The number of rotatable bonds is 2. The summed E-state index contributed by atoms with van der Waals surface area (Å²) >= 11 is 0. The van der Waals surface area contributed by atoms with Crippen molar-refractivity contribution in [1.82, 2.24) is 15.0 Å². The molecule has 2 aliphatic rings. The van der Waals surface area contributed by atoms with Crippen molar-refractivity contribution >= 4 is 11.6 Å². The lowest BCUT2D eigenvalue weighted by Gasteiger charge is -2.23. The van der Waals surface area contributed by atoms with E-state index in [-0.39, 0.29) is 17.1 Å². The quantitative estimate of drug-likeness (QED) is 0.916. The number of hydrogen-bond donors (Lipinski definition) is 1. The number of hydrogen-bond acceptors (Lipinski definition) is 5. The summed E-state index contributed by atoms with van der Waals surface area (Å²) in [5, 5.41) is 7.26. The molecule has 0 bridgehead atoms. The van der Waals surface area contributed by atoms with Crippen molar-refractivity contribution in [3.05, 3.63) is 41.5 Å². The van der Waals surface area contributed by atoms with Crippen LogP contribution in [0.1, 0.15) is 35.4 Å². The summed E-state index contributed by atoms with van der Waals surface area (Å²) in [6, 6.07) is 8.35. The highest BCUT2D eigenvalue weighted by Crippen LogP contribution is 2.43. The van der Waals surface area contributed by atoms with Crippen LogP contribution in [0.15, 0.2) is 28.8 Å². The summed E-state index contributed by atoms with van der Waals surface area (Å²) in [5.74, 6) is 0.544. The molecular weight excluding hydrogens is 280 g/mol. The molecule has 1 unspecified atom stereocenters. The molecule has 1 spiro atoms. The average Bonchev–Trinajstić information content (AvgIpc) is 3.27. The fraction of sp³-hybridized carbons (Fsp3) is 0.438. The van der Waals surface area contributed by atoms with Gasteiger partial charge in [-0.25, -0.2) is 0 Å². The van der Waals surface area contributed by atoms with Gasteiger partial charge in [0.05, 0.1) is 0 Å². The third-order valence-corrected chi connectivity index (χ3v) is 4.72. The number of anilines is 1. The van der Waals surface area contributed by atoms with Crippen LogP contribution in [0.5, 0.6) is 0 Å². The number of aromatic nitrogens is 2. The van der Waals surface area contributed by atoms with Crippen LogP contribution >= 0.6 is 0 Å². The van der Waals surface area contributed by atoms with E-state index in [1.54, 1.807) is 0 Å². The van der Waals surface area contributed by atoms with Crippen molar-refractivity contribution in [3.63, 3.8) is 0 Å². The minimum Gasteiger partial charge on any atom is -0.384 e. The van der Waals surface area contributed by atoms with Gasteiger partial charge in [-0.15, -0.1) is 0 Å². The molecule has 22 heavy (non-hydrogen) atoms. The Balaban J connectivity index is 1.57. The standard InChI is InChI=1S/C16H18N4O2/c1-2-13-18-14(19-22-13)15(21)20-8-7-16(10-20)9-17-12-6-4-3-5-11(12)16/h3-6,17H,2,7-10H2,1H3. The van der Waals surface area contributed by atoms with Crippen LogP contribution in [-0.2, 0) is 11.8 Å². The van der Waals surface area contributed by atoms with Gasteiger partial charge in [-0.05, 0) is 18.1 Å². The van der Waals surface area contributed by atoms with Crippen molar-refractivity contribution in [1.29, 1.82) is 0 Å². The lowest BCUT2D eigenvalue weighted by atomic mass is 9.82. The van der Waals surface area contributed by atoms with Crippen LogP contribution < -0.4 is 5.32 Å². The number of benzene rings is 1. The monoisotopic (exact) mass is 298 g/mol. The van der Waals surface area contributed by atoms with Gasteiger partial charge < -0.3 is 14.7 Å². The number of carbonyl (C=O) groups excluding carboxylic acids is 1. The SMILES string of the molecule is CCc1nc(C(=O)N2CCC3(CNc4ccccc43)C2)no1. The maximum atomic E-state index is 12.5. The Morgan fingerprint density at radius 2 is 2.32 bits per heavy atom. The Morgan fingerprint density at radius 1 is 1.45 bits per heavy atom. The first kappa shape index (κ1) is 13.3. The fourth-order valence-corrected chi connectivity index (χ4v) is 3.50. The van der Waals surface area contributed by atoms with Crippen LogP contribution in [0, 0.1) is 0 Å². The molecule has 1 atom stereocenters. The van der Waals surface area contributed by atoms with Gasteiger partial charge in [0.25, 0.3) is 11.7 Å². The van der Waals surface area contributed by atoms with Gasteiger partial charge in [-0.1, -0.05) is 30.3 Å². The number of aryl methyl sites for hydroxylation is 1. The maximum Gasteiger partial charge on any atom is 0.295 e. The van der Waals surface area contributed by atoms with Crippen LogP contribution in [0.4, 0.5) is 5.69 Å². The third kappa shape index (κ3) is 1.90. The van der Waals surface area contributed by atoms with Crippen LogP contribution in [0.2, 0.25) is 0 Å². The number of para-hydroxylation sites is 1. The number of likely N-dealkylation sites (tertiary alicyclic amines) is 1. The highest BCUT2D eigenvalue weighted by molar-refractivity contribution is 5.90. The first-order chi connectivity index (χ1) is 10.7. The molecule has 0 radical (unpaired) electrons. The van der Waals surface area contributed by atoms with E-state index in [1.807, 2.05) is 17.9 Å². The molecule has 114 valence electrons. The number of carbonyl (C=O) groups is 1. The molecule has 1 aromatic heterocycles. The largest absolute Gasteiger partial charge is 0.384 e. The molecule has 1 aromatic carbocycles. The van der Waals surface area contributed by atoms with Crippen LogP contribution in [0.3, 0.4) is 0 Å². The highest BCUT2D eigenvalue weighted by atomic mass is 16.5. The summed E-state index contributed by atoms with van der Waals surface area (Å²) in [4.78, 5) is 18.5. The van der Waals surface area contributed by atoms with E-state index in [9.17, 15) is 4.79 Å². The lowest BCUT2D eigenvalue weighted by Crippen LogP contribution is -2.36. The van der Waals surface area contributed by atoms with Gasteiger partial charge in [0.2, 0.25) is 5.89 Å². The average molecular weight is 298 g/mol. The van der Waals surface area contributed by atoms with E-state index in [4.69, 9.17) is 4.52 Å². The smallest absolute Gasteiger partial charge is 0.295 e. The van der Waals surface area contributed by atoms with Crippen molar-refractivity contribution in [2.45, 2.75) is 25.2 Å². The zero-order chi connectivity index (χ0) is 15.2. The number of nitrogens with one attached hydrogen (secondary N) is 1. The molecular formula is C16H18N4O2. The first-order valence-corrected chi connectivity index (χ1v) is 7.67. The Bertz CT molecular complexity index is 726. The molecule has 1 saturated heterocycles. The normalized spacial score (nSPS) is 22.9. The fourth-order valence-electron chi connectivity index (χ4n) is 3.50. The topological polar surface area (TPSA) is 71.3 Å². The second-order valence-electron chi connectivity index (χ2n) is 6.02. The molecule has 6 heteroatoms. The van der Waals surface area contributed by atoms with Gasteiger partial charge >= 0.3 is 0 Å². The molecule has 3 heterocycles. The lowest BCUT2D eigenvalue weighted by molar-refractivity contribution is 0.0769. The number of fused-ring (bicyclic) bond motifs is 2. The Morgan fingerprint density at radius 3 is 3.14 bits per heavy atom. The summed E-state index contributed by atoms with van der Waals surface area (Å²) in [6.07, 6.45) is 1.60. The Labute approximate surface area is 128 Å². The second kappa shape index (κ2) is 4.83. The minimum absolute atomic E-state index is 0.0174. The molecule has 0 aliphatic carbocycles. The molecule has 4 rings (SSSR count). The van der Waals surface area contributed by atoms with Crippen LogP contribution in [0.25, 0.3) is 0 Å². The van der Waals surface area contributed by atoms with Gasteiger partial charge in [0.1, 0.15) is 0 Å². The first-order valence-electron chi connectivity index (χ1n) is 7.67. The zero-order valence-corrected chi connectivity index (χ0v) is 12.5. The maximum absolute atomic E-state index is 12.5. The predicted octanol–water partition coefficient (Wildman–Crippen LogP) is 1.84. The van der Waals surface area contributed by atoms with Crippen molar-refractivity contribution < 1.29 is 9.32 Å². The summed E-state index contributed by atoms with van der Waals surface area (Å²) < 4.78 is 5.05. The zero-order valence-electron chi connectivity index (χ0n) is 12.5.